The molecule has 0 atom stereocenters. The highest BCUT2D eigenvalue weighted by Gasteiger charge is 2.30. The monoisotopic (exact) mass is 596 g/mol. The summed E-state index contributed by atoms with van der Waals surface area (Å²) in [6, 6.07) is 15.0. The smallest absolute Gasteiger partial charge is 0.265 e. The van der Waals surface area contributed by atoms with E-state index in [1.165, 1.54) is 63.8 Å². The second-order valence-electron chi connectivity index (χ2n) is 8.23. The van der Waals surface area contributed by atoms with Crippen LogP contribution in [0.5, 0.6) is 17.2 Å². The first-order valence-electron chi connectivity index (χ1n) is 11.9. The van der Waals surface area contributed by atoms with E-state index in [2.05, 4.69) is 5.32 Å². The van der Waals surface area contributed by atoms with Crippen LogP contribution >= 0.6 is 23.4 Å². The standard InChI is InChI=1S/C27H30ClFN2O6S2/c1-35-24-11-7-20(28)15-23(24)31(39(33,34)22-10-12-25(36-2)26(16-22)37-3)17-27(32)30-13-4-14-38-18-19-5-8-21(29)9-6-19/h5-12,15-16H,4,13-14,17-18H2,1-3H3,(H,30,32). The maximum absolute atomic E-state index is 13.8. The molecule has 0 aliphatic heterocycles. The first kappa shape index (κ1) is 30.4. The Morgan fingerprint density at radius 2 is 1.62 bits per heavy atom. The maximum Gasteiger partial charge on any atom is 0.265 e. The van der Waals surface area contributed by atoms with E-state index >= 15 is 0 Å². The molecule has 3 aromatic rings. The average Bonchev–Trinajstić information content (AvgIpc) is 2.94. The van der Waals surface area contributed by atoms with Crippen molar-refractivity contribution >= 4 is 45.0 Å². The molecule has 12 heteroatoms. The van der Waals surface area contributed by atoms with Crippen LogP contribution in [0.3, 0.4) is 0 Å². The van der Waals surface area contributed by atoms with E-state index in [0.29, 0.717) is 18.7 Å². The molecular weight excluding hydrogens is 567 g/mol. The van der Waals surface area contributed by atoms with Gasteiger partial charge in [-0.05, 0) is 60.2 Å². The molecule has 0 fully saturated rings. The highest BCUT2D eigenvalue weighted by atomic mass is 35.5. The number of nitrogens with one attached hydrogen (secondary N) is 1. The van der Waals surface area contributed by atoms with E-state index in [9.17, 15) is 17.6 Å². The van der Waals surface area contributed by atoms with Crippen LogP contribution < -0.4 is 23.8 Å². The molecule has 0 aliphatic carbocycles. The van der Waals surface area contributed by atoms with Crippen molar-refractivity contribution in [3.05, 3.63) is 77.1 Å². The molecule has 0 radical (unpaired) electrons. The number of nitrogens with zero attached hydrogens (tertiary/aromatic N) is 1. The van der Waals surface area contributed by atoms with Crippen LogP contribution in [0.2, 0.25) is 5.02 Å². The Morgan fingerprint density at radius 1 is 0.949 bits per heavy atom. The first-order valence-corrected chi connectivity index (χ1v) is 14.8. The van der Waals surface area contributed by atoms with Gasteiger partial charge in [-0.2, -0.15) is 11.8 Å². The molecule has 210 valence electrons. The van der Waals surface area contributed by atoms with Crippen LogP contribution in [0.25, 0.3) is 0 Å². The van der Waals surface area contributed by atoms with E-state index in [-0.39, 0.29) is 32.9 Å². The fraction of sp³-hybridized carbons (Fsp3) is 0.296. The van der Waals surface area contributed by atoms with Gasteiger partial charge in [0.15, 0.2) is 11.5 Å². The average molecular weight is 597 g/mol. The molecular formula is C27H30ClFN2O6S2. The molecule has 0 saturated carbocycles. The summed E-state index contributed by atoms with van der Waals surface area (Å²) >= 11 is 7.84. The van der Waals surface area contributed by atoms with Gasteiger partial charge in [-0.15, -0.1) is 0 Å². The van der Waals surface area contributed by atoms with Gasteiger partial charge in [0.2, 0.25) is 5.91 Å². The maximum atomic E-state index is 13.8. The zero-order valence-electron chi connectivity index (χ0n) is 21.8. The highest BCUT2D eigenvalue weighted by molar-refractivity contribution is 7.98. The van der Waals surface area contributed by atoms with Crippen LogP contribution in [0.4, 0.5) is 10.1 Å². The molecule has 0 spiro atoms. The Hall–Kier alpha value is -3.15. The van der Waals surface area contributed by atoms with Crippen LogP contribution in [-0.2, 0) is 20.6 Å². The van der Waals surface area contributed by atoms with Gasteiger partial charge in [0.05, 0.1) is 31.9 Å². The molecule has 0 aromatic heterocycles. The molecule has 1 amide bonds. The molecule has 3 rings (SSSR count). The Balaban J connectivity index is 1.73. The van der Waals surface area contributed by atoms with Crippen molar-refractivity contribution in [2.75, 3.05) is 44.5 Å². The summed E-state index contributed by atoms with van der Waals surface area (Å²) in [5, 5.41) is 3.05. The summed E-state index contributed by atoms with van der Waals surface area (Å²) in [4.78, 5) is 12.8. The van der Waals surface area contributed by atoms with Crippen LogP contribution in [0.1, 0.15) is 12.0 Å². The predicted molar refractivity (Wildman–Crippen MR) is 152 cm³/mol. The summed E-state index contributed by atoms with van der Waals surface area (Å²) in [6.07, 6.45) is 0.667. The van der Waals surface area contributed by atoms with Gasteiger partial charge in [-0.3, -0.25) is 9.10 Å². The second kappa shape index (κ2) is 14.3. The number of carbonyl (C=O) groups excluding carboxylic acids is 1. The Morgan fingerprint density at radius 3 is 2.28 bits per heavy atom. The van der Waals surface area contributed by atoms with Crippen molar-refractivity contribution in [3.8, 4) is 17.2 Å². The van der Waals surface area contributed by atoms with Crippen molar-refractivity contribution in [1.82, 2.24) is 5.32 Å². The highest BCUT2D eigenvalue weighted by Crippen LogP contribution is 2.37. The number of anilines is 1. The molecule has 3 aromatic carbocycles. The third-order valence-corrected chi connectivity index (χ3v) is 8.72. The van der Waals surface area contributed by atoms with Gasteiger partial charge < -0.3 is 19.5 Å². The molecule has 1 N–H and O–H groups in total. The van der Waals surface area contributed by atoms with Crippen molar-refractivity contribution in [2.24, 2.45) is 0 Å². The Kier molecular flexibility index (Phi) is 11.1. The number of methoxy groups -OCH3 is 3. The van der Waals surface area contributed by atoms with Gasteiger partial charge in [-0.25, -0.2) is 12.8 Å². The van der Waals surface area contributed by atoms with Crippen molar-refractivity contribution in [2.45, 2.75) is 17.1 Å². The van der Waals surface area contributed by atoms with Crippen molar-refractivity contribution < 1.29 is 31.8 Å². The lowest BCUT2D eigenvalue weighted by Crippen LogP contribution is -2.41. The molecule has 0 aliphatic rings. The summed E-state index contributed by atoms with van der Waals surface area (Å²) < 4.78 is 57.5. The normalized spacial score (nSPS) is 11.1. The fourth-order valence-corrected chi connectivity index (χ4v) is 6.15. The second-order valence-corrected chi connectivity index (χ2v) is 11.6. The number of hydrogen-bond donors (Lipinski definition) is 1. The summed E-state index contributed by atoms with van der Waals surface area (Å²) in [5.74, 6) is 1.52. The van der Waals surface area contributed by atoms with Gasteiger partial charge >= 0.3 is 0 Å². The lowest BCUT2D eigenvalue weighted by molar-refractivity contribution is -0.119. The van der Waals surface area contributed by atoms with Crippen LogP contribution in [0, 0.1) is 5.82 Å². The lowest BCUT2D eigenvalue weighted by atomic mass is 10.2. The van der Waals surface area contributed by atoms with E-state index in [0.717, 1.165) is 21.4 Å². The molecule has 39 heavy (non-hydrogen) atoms. The minimum Gasteiger partial charge on any atom is -0.495 e. The number of sulfonamides is 1. The van der Waals surface area contributed by atoms with Crippen LogP contribution in [-0.4, -0.2) is 54.5 Å². The third-order valence-electron chi connectivity index (χ3n) is 5.61. The Labute approximate surface area is 237 Å². The van der Waals surface area contributed by atoms with Crippen molar-refractivity contribution in [3.63, 3.8) is 0 Å². The minimum absolute atomic E-state index is 0.104. The molecule has 0 heterocycles. The number of carbonyl (C=O) groups is 1. The van der Waals surface area contributed by atoms with Crippen molar-refractivity contribution in [1.29, 1.82) is 0 Å². The number of benzene rings is 3. The Bertz CT molecular complexity index is 1370. The SMILES string of the molecule is COc1ccc(S(=O)(=O)N(CC(=O)NCCCSCc2ccc(F)cc2)c2cc(Cl)ccc2OC)cc1OC. The zero-order valence-corrected chi connectivity index (χ0v) is 24.2. The lowest BCUT2D eigenvalue weighted by Gasteiger charge is -2.26. The number of thioether (sulfide) groups is 1. The van der Waals surface area contributed by atoms with E-state index in [1.54, 1.807) is 30.0 Å². The van der Waals surface area contributed by atoms with Gasteiger partial charge in [0.25, 0.3) is 10.0 Å². The van der Waals surface area contributed by atoms with Gasteiger partial charge in [0, 0.05) is 23.4 Å². The number of amides is 1. The van der Waals surface area contributed by atoms with E-state index in [4.69, 9.17) is 25.8 Å². The quantitative estimate of drug-likeness (QED) is 0.258. The number of ether oxygens (including phenoxy) is 3. The van der Waals surface area contributed by atoms with Crippen LogP contribution in [0.15, 0.2) is 65.6 Å². The first-order chi connectivity index (χ1) is 18.7. The molecule has 8 nitrogen and oxygen atoms in total. The third kappa shape index (κ3) is 8.17. The topological polar surface area (TPSA) is 94.2 Å². The van der Waals surface area contributed by atoms with E-state index in [1.807, 2.05) is 0 Å². The fourth-order valence-electron chi connectivity index (χ4n) is 3.62. The number of hydrogen-bond acceptors (Lipinski definition) is 7. The summed E-state index contributed by atoms with van der Waals surface area (Å²) in [6.45, 7) is -0.151. The largest absolute Gasteiger partial charge is 0.495 e. The minimum atomic E-state index is -4.26. The summed E-state index contributed by atoms with van der Waals surface area (Å²) in [5.41, 5.74) is 1.13. The van der Waals surface area contributed by atoms with Gasteiger partial charge in [0.1, 0.15) is 18.1 Å². The zero-order chi connectivity index (χ0) is 28.4. The molecule has 0 unspecified atom stereocenters. The van der Waals surface area contributed by atoms with Gasteiger partial charge in [-0.1, -0.05) is 23.7 Å². The van der Waals surface area contributed by atoms with E-state index < -0.39 is 22.5 Å². The molecule has 0 saturated heterocycles. The number of halogens is 2. The molecule has 0 bridgehead atoms. The summed E-state index contributed by atoms with van der Waals surface area (Å²) in [7, 11) is -0.0157. The predicted octanol–water partition coefficient (Wildman–Crippen LogP) is 5.14. The number of rotatable bonds is 14.